The molecule has 1 heterocycles. The average Bonchev–Trinajstić information content (AvgIpc) is 3.20. The van der Waals surface area contributed by atoms with Crippen molar-refractivity contribution in [2.24, 2.45) is 5.92 Å². The van der Waals surface area contributed by atoms with Crippen LogP contribution >= 0.6 is 0 Å². The van der Waals surface area contributed by atoms with E-state index in [1.165, 1.54) is 0 Å². The summed E-state index contributed by atoms with van der Waals surface area (Å²) < 4.78 is 0. The van der Waals surface area contributed by atoms with Gasteiger partial charge in [0.1, 0.15) is 6.04 Å². The maximum absolute atomic E-state index is 12.4. The van der Waals surface area contributed by atoms with E-state index >= 15 is 0 Å². The summed E-state index contributed by atoms with van der Waals surface area (Å²) in [6.45, 7) is 1.81. The first-order valence-electron chi connectivity index (χ1n) is 7.41. The van der Waals surface area contributed by atoms with Gasteiger partial charge in [0.2, 0.25) is 11.8 Å². The van der Waals surface area contributed by atoms with E-state index in [1.54, 1.807) is 11.8 Å². The SMILES string of the molecule is CCC(CO)(CO)NC(=O)C1CCCN1C(=O)C1CC1. The molecule has 2 amide bonds. The number of aliphatic hydroxyl groups excluding tert-OH is 2. The molecule has 6 heteroatoms. The monoisotopic (exact) mass is 284 g/mol. The van der Waals surface area contributed by atoms with Gasteiger partial charge in [0.05, 0.1) is 18.8 Å². The topological polar surface area (TPSA) is 89.9 Å². The van der Waals surface area contributed by atoms with Crippen molar-refractivity contribution in [1.29, 1.82) is 0 Å². The largest absolute Gasteiger partial charge is 0.394 e. The Morgan fingerprint density at radius 2 is 1.90 bits per heavy atom. The number of likely N-dealkylation sites (tertiary alicyclic amines) is 1. The van der Waals surface area contributed by atoms with E-state index in [2.05, 4.69) is 5.32 Å². The normalized spacial score (nSPS) is 22.9. The molecule has 1 unspecified atom stereocenters. The van der Waals surface area contributed by atoms with Gasteiger partial charge in [-0.25, -0.2) is 0 Å². The van der Waals surface area contributed by atoms with Crippen LogP contribution in [0.1, 0.15) is 39.0 Å². The van der Waals surface area contributed by atoms with Crippen LogP contribution in [0.4, 0.5) is 0 Å². The molecule has 1 aliphatic carbocycles. The Morgan fingerprint density at radius 3 is 2.40 bits per heavy atom. The third-order valence-electron chi connectivity index (χ3n) is 4.44. The molecule has 1 saturated carbocycles. The van der Waals surface area contributed by atoms with E-state index in [-0.39, 0.29) is 30.9 Å². The predicted molar refractivity (Wildman–Crippen MR) is 72.8 cm³/mol. The molecule has 0 spiro atoms. The first-order chi connectivity index (χ1) is 9.56. The Hall–Kier alpha value is -1.14. The van der Waals surface area contributed by atoms with Crippen molar-refractivity contribution in [1.82, 2.24) is 10.2 Å². The van der Waals surface area contributed by atoms with Crippen molar-refractivity contribution in [2.45, 2.75) is 50.6 Å². The van der Waals surface area contributed by atoms with E-state index in [9.17, 15) is 19.8 Å². The standard InChI is InChI=1S/C14H24N2O4/c1-2-14(8-17,9-18)15-12(19)11-4-3-7-16(11)13(20)10-5-6-10/h10-11,17-18H,2-9H2,1H3,(H,15,19). The molecule has 0 aromatic rings. The molecular weight excluding hydrogens is 260 g/mol. The molecule has 1 aliphatic heterocycles. The third-order valence-corrected chi connectivity index (χ3v) is 4.44. The van der Waals surface area contributed by atoms with Crippen LogP contribution in [0.5, 0.6) is 0 Å². The smallest absolute Gasteiger partial charge is 0.243 e. The zero-order chi connectivity index (χ0) is 14.8. The highest BCUT2D eigenvalue weighted by Crippen LogP contribution is 2.33. The summed E-state index contributed by atoms with van der Waals surface area (Å²) in [7, 11) is 0. The summed E-state index contributed by atoms with van der Waals surface area (Å²) in [5.74, 6) is -0.0748. The highest BCUT2D eigenvalue weighted by atomic mass is 16.3. The maximum atomic E-state index is 12.4. The number of carbonyl (C=O) groups excluding carboxylic acids is 2. The Kier molecular flexibility index (Phi) is 4.65. The van der Waals surface area contributed by atoms with Gasteiger partial charge in [-0.2, -0.15) is 0 Å². The van der Waals surface area contributed by atoms with Crippen molar-refractivity contribution < 1.29 is 19.8 Å². The van der Waals surface area contributed by atoms with Crippen molar-refractivity contribution in [3.63, 3.8) is 0 Å². The lowest BCUT2D eigenvalue weighted by Crippen LogP contribution is -2.58. The van der Waals surface area contributed by atoms with Gasteiger partial charge in [-0.05, 0) is 32.1 Å². The van der Waals surface area contributed by atoms with Crippen LogP contribution in [0, 0.1) is 5.92 Å². The van der Waals surface area contributed by atoms with Crippen molar-refractivity contribution in [3.05, 3.63) is 0 Å². The van der Waals surface area contributed by atoms with Gasteiger partial charge in [0, 0.05) is 12.5 Å². The third kappa shape index (κ3) is 2.96. The molecular formula is C14H24N2O4. The molecule has 1 saturated heterocycles. The Morgan fingerprint density at radius 1 is 1.25 bits per heavy atom. The number of amides is 2. The highest BCUT2D eigenvalue weighted by molar-refractivity contribution is 5.90. The summed E-state index contributed by atoms with van der Waals surface area (Å²) in [6.07, 6.45) is 3.77. The molecule has 3 N–H and O–H groups in total. The van der Waals surface area contributed by atoms with E-state index in [1.807, 2.05) is 0 Å². The highest BCUT2D eigenvalue weighted by Gasteiger charge is 2.42. The first kappa shape index (κ1) is 15.3. The minimum atomic E-state index is -0.992. The fourth-order valence-corrected chi connectivity index (χ4v) is 2.65. The summed E-state index contributed by atoms with van der Waals surface area (Å²) >= 11 is 0. The van der Waals surface area contributed by atoms with Crippen molar-refractivity contribution in [2.75, 3.05) is 19.8 Å². The fourth-order valence-electron chi connectivity index (χ4n) is 2.65. The van der Waals surface area contributed by atoms with E-state index in [0.717, 1.165) is 19.3 Å². The summed E-state index contributed by atoms with van der Waals surface area (Å²) in [5, 5.41) is 21.5. The van der Waals surface area contributed by atoms with Crippen LogP contribution in [0.25, 0.3) is 0 Å². The quantitative estimate of drug-likeness (QED) is 0.621. The molecule has 0 radical (unpaired) electrons. The molecule has 2 aliphatic rings. The molecule has 0 aromatic heterocycles. The Balaban J connectivity index is 2.01. The average molecular weight is 284 g/mol. The van der Waals surface area contributed by atoms with Crippen LogP contribution in [0.2, 0.25) is 0 Å². The fraction of sp³-hybridized carbons (Fsp3) is 0.857. The number of nitrogens with one attached hydrogen (secondary N) is 1. The lowest BCUT2D eigenvalue weighted by atomic mass is 9.97. The molecule has 1 atom stereocenters. The van der Waals surface area contributed by atoms with Crippen LogP contribution in [0.15, 0.2) is 0 Å². The van der Waals surface area contributed by atoms with E-state index in [4.69, 9.17) is 0 Å². The van der Waals surface area contributed by atoms with Gasteiger partial charge >= 0.3 is 0 Å². The molecule has 0 aromatic carbocycles. The second kappa shape index (κ2) is 6.10. The lowest BCUT2D eigenvalue weighted by Gasteiger charge is -2.33. The summed E-state index contributed by atoms with van der Waals surface area (Å²) in [6, 6.07) is -0.452. The van der Waals surface area contributed by atoms with E-state index < -0.39 is 11.6 Å². The Labute approximate surface area is 119 Å². The van der Waals surface area contributed by atoms with Crippen LogP contribution in [-0.2, 0) is 9.59 Å². The summed E-state index contributed by atoms with van der Waals surface area (Å²) in [4.78, 5) is 26.2. The molecule has 0 bridgehead atoms. The number of hydrogen-bond donors (Lipinski definition) is 3. The number of carbonyl (C=O) groups is 2. The molecule has 6 nitrogen and oxygen atoms in total. The minimum Gasteiger partial charge on any atom is -0.394 e. The second-order valence-corrected chi connectivity index (χ2v) is 5.90. The lowest BCUT2D eigenvalue weighted by molar-refractivity contribution is -0.140. The molecule has 20 heavy (non-hydrogen) atoms. The minimum absolute atomic E-state index is 0.0812. The summed E-state index contributed by atoms with van der Waals surface area (Å²) in [5.41, 5.74) is -0.992. The molecule has 2 rings (SSSR count). The van der Waals surface area contributed by atoms with Gasteiger partial charge < -0.3 is 20.4 Å². The number of hydrogen-bond acceptors (Lipinski definition) is 4. The van der Waals surface area contributed by atoms with Gasteiger partial charge in [-0.3, -0.25) is 9.59 Å². The van der Waals surface area contributed by atoms with Crippen LogP contribution in [-0.4, -0.2) is 58.3 Å². The molecule has 114 valence electrons. The van der Waals surface area contributed by atoms with Crippen LogP contribution < -0.4 is 5.32 Å². The predicted octanol–water partition coefficient (Wildman–Crippen LogP) is -0.363. The van der Waals surface area contributed by atoms with Gasteiger partial charge in [0.15, 0.2) is 0 Å². The van der Waals surface area contributed by atoms with Gasteiger partial charge in [-0.15, -0.1) is 0 Å². The van der Waals surface area contributed by atoms with Crippen molar-refractivity contribution >= 4 is 11.8 Å². The van der Waals surface area contributed by atoms with Crippen LogP contribution in [0.3, 0.4) is 0 Å². The second-order valence-electron chi connectivity index (χ2n) is 5.90. The number of rotatable bonds is 6. The Bertz CT molecular complexity index is 369. The zero-order valence-electron chi connectivity index (χ0n) is 12.0. The number of aliphatic hydroxyl groups is 2. The maximum Gasteiger partial charge on any atom is 0.243 e. The molecule has 2 fully saturated rings. The zero-order valence-corrected chi connectivity index (χ0v) is 12.0. The van der Waals surface area contributed by atoms with E-state index in [0.29, 0.717) is 19.4 Å². The number of nitrogens with zero attached hydrogens (tertiary/aromatic N) is 1. The van der Waals surface area contributed by atoms with Gasteiger partial charge in [-0.1, -0.05) is 6.92 Å². The van der Waals surface area contributed by atoms with Gasteiger partial charge in [0.25, 0.3) is 0 Å². The van der Waals surface area contributed by atoms with Crippen molar-refractivity contribution in [3.8, 4) is 0 Å². The first-order valence-corrected chi connectivity index (χ1v) is 7.41.